The van der Waals surface area contributed by atoms with Gasteiger partial charge in [-0.25, -0.2) is 0 Å². The van der Waals surface area contributed by atoms with Gasteiger partial charge in [0.05, 0.1) is 0 Å². The van der Waals surface area contributed by atoms with Crippen LogP contribution in [-0.2, 0) is 17.8 Å². The quantitative estimate of drug-likeness (QED) is 0.867. The fourth-order valence-corrected chi connectivity index (χ4v) is 2.95. The van der Waals surface area contributed by atoms with Crippen molar-refractivity contribution in [3.63, 3.8) is 0 Å². The third-order valence-corrected chi connectivity index (χ3v) is 4.36. The summed E-state index contributed by atoms with van der Waals surface area (Å²) < 4.78 is 0. The molecule has 1 saturated heterocycles. The van der Waals surface area contributed by atoms with Crippen LogP contribution in [0.4, 0.5) is 0 Å². The number of benzene rings is 1. The Balaban J connectivity index is 1.65. The Bertz CT molecular complexity index is 664. The molecule has 1 aromatic carbocycles. The van der Waals surface area contributed by atoms with Gasteiger partial charge in [0.1, 0.15) is 6.54 Å². The van der Waals surface area contributed by atoms with E-state index in [-0.39, 0.29) is 12.5 Å². The van der Waals surface area contributed by atoms with Crippen molar-refractivity contribution in [1.29, 1.82) is 0 Å². The van der Waals surface area contributed by atoms with Crippen molar-refractivity contribution >= 4 is 5.91 Å². The molecule has 23 heavy (non-hydrogen) atoms. The number of hydrogen-bond acceptors (Lipinski definition) is 4. The minimum absolute atomic E-state index is 0.0711. The van der Waals surface area contributed by atoms with Gasteiger partial charge in [0.15, 0.2) is 0 Å². The topological polar surface area (TPSA) is 63.9 Å². The van der Waals surface area contributed by atoms with E-state index in [0.717, 1.165) is 31.5 Å². The van der Waals surface area contributed by atoms with Crippen molar-refractivity contribution in [2.24, 2.45) is 5.92 Å². The monoisotopic (exact) mass is 313 g/mol. The number of aryl methyl sites for hydroxylation is 1. The number of aromatic nitrogens is 4. The number of rotatable bonds is 4. The molecule has 0 spiro atoms. The summed E-state index contributed by atoms with van der Waals surface area (Å²) in [6, 6.07) is 8.12. The molecule has 1 amide bonds. The van der Waals surface area contributed by atoms with Crippen molar-refractivity contribution in [2.45, 2.75) is 39.7 Å². The van der Waals surface area contributed by atoms with Crippen LogP contribution < -0.4 is 0 Å². The maximum Gasteiger partial charge on any atom is 0.246 e. The van der Waals surface area contributed by atoms with Crippen LogP contribution in [0.25, 0.3) is 11.4 Å². The van der Waals surface area contributed by atoms with Crippen molar-refractivity contribution in [2.75, 3.05) is 13.1 Å². The van der Waals surface area contributed by atoms with E-state index in [4.69, 9.17) is 0 Å². The molecule has 1 aliphatic rings. The van der Waals surface area contributed by atoms with Crippen LogP contribution in [0.5, 0.6) is 0 Å². The van der Waals surface area contributed by atoms with Crippen LogP contribution in [0.15, 0.2) is 24.3 Å². The third kappa shape index (κ3) is 3.75. The number of hydrogen-bond donors (Lipinski definition) is 0. The standard InChI is InChI=1S/C17H23N5O/c1-3-14-6-8-15(9-7-14)17-18-20-22(19-17)12-16(23)21-10-4-5-13(2)11-21/h6-9,13H,3-5,10-12H2,1-2H3/t13-/m0/s1. The molecule has 1 aromatic heterocycles. The molecule has 1 fully saturated rings. The minimum atomic E-state index is 0.0711. The van der Waals surface area contributed by atoms with E-state index in [1.807, 2.05) is 17.0 Å². The maximum atomic E-state index is 12.3. The van der Waals surface area contributed by atoms with Gasteiger partial charge in [-0.1, -0.05) is 38.1 Å². The molecule has 2 heterocycles. The van der Waals surface area contributed by atoms with Gasteiger partial charge in [-0.3, -0.25) is 4.79 Å². The van der Waals surface area contributed by atoms with E-state index in [0.29, 0.717) is 11.7 Å². The molecule has 3 rings (SSSR count). The molecule has 1 atom stereocenters. The van der Waals surface area contributed by atoms with Crippen molar-refractivity contribution < 1.29 is 4.79 Å². The van der Waals surface area contributed by atoms with E-state index in [1.54, 1.807) is 0 Å². The Morgan fingerprint density at radius 1 is 1.30 bits per heavy atom. The zero-order chi connectivity index (χ0) is 16.2. The Hall–Kier alpha value is -2.24. The van der Waals surface area contributed by atoms with Gasteiger partial charge in [-0.05, 0) is 36.0 Å². The zero-order valence-corrected chi connectivity index (χ0v) is 13.8. The van der Waals surface area contributed by atoms with Gasteiger partial charge in [0.2, 0.25) is 11.7 Å². The first-order chi connectivity index (χ1) is 11.2. The van der Waals surface area contributed by atoms with E-state index < -0.39 is 0 Å². The fourth-order valence-electron chi connectivity index (χ4n) is 2.95. The van der Waals surface area contributed by atoms with Crippen LogP contribution in [0.2, 0.25) is 0 Å². The van der Waals surface area contributed by atoms with Crippen LogP contribution in [0, 0.1) is 5.92 Å². The lowest BCUT2D eigenvalue weighted by Gasteiger charge is -2.30. The number of carbonyl (C=O) groups excluding carboxylic acids is 1. The second kappa shape index (κ2) is 6.89. The first-order valence-corrected chi connectivity index (χ1v) is 8.30. The van der Waals surface area contributed by atoms with Gasteiger partial charge in [0, 0.05) is 18.7 Å². The first-order valence-electron chi connectivity index (χ1n) is 8.30. The molecule has 0 saturated carbocycles. The summed E-state index contributed by atoms with van der Waals surface area (Å²) in [5.74, 6) is 1.21. The van der Waals surface area contributed by atoms with Gasteiger partial charge in [-0.2, -0.15) is 4.80 Å². The number of nitrogens with zero attached hydrogens (tertiary/aromatic N) is 5. The lowest BCUT2D eigenvalue weighted by atomic mass is 10.0. The predicted molar refractivity (Wildman–Crippen MR) is 87.6 cm³/mol. The highest BCUT2D eigenvalue weighted by atomic mass is 16.2. The predicted octanol–water partition coefficient (Wildman–Crippen LogP) is 2.16. The normalized spacial score (nSPS) is 18.2. The highest BCUT2D eigenvalue weighted by Crippen LogP contribution is 2.17. The van der Waals surface area contributed by atoms with Crippen LogP contribution in [0.1, 0.15) is 32.3 Å². The lowest BCUT2D eigenvalue weighted by molar-refractivity contribution is -0.134. The largest absolute Gasteiger partial charge is 0.341 e. The molecule has 0 bridgehead atoms. The number of likely N-dealkylation sites (tertiary alicyclic amines) is 1. The van der Waals surface area contributed by atoms with Gasteiger partial charge >= 0.3 is 0 Å². The molecular weight excluding hydrogens is 290 g/mol. The summed E-state index contributed by atoms with van der Waals surface area (Å²) in [6.45, 7) is 6.14. The third-order valence-electron chi connectivity index (χ3n) is 4.36. The summed E-state index contributed by atoms with van der Waals surface area (Å²) in [6.07, 6.45) is 3.28. The second-order valence-corrected chi connectivity index (χ2v) is 6.28. The SMILES string of the molecule is CCc1ccc(-c2nnn(CC(=O)N3CCC[C@H](C)C3)n2)cc1. The highest BCUT2D eigenvalue weighted by Gasteiger charge is 2.21. The Morgan fingerprint density at radius 3 is 2.78 bits per heavy atom. The van der Waals surface area contributed by atoms with Crippen LogP contribution >= 0.6 is 0 Å². The summed E-state index contributed by atoms with van der Waals surface area (Å²) >= 11 is 0. The maximum absolute atomic E-state index is 12.3. The molecule has 0 radical (unpaired) electrons. The van der Waals surface area contributed by atoms with E-state index in [9.17, 15) is 4.79 Å². The van der Waals surface area contributed by atoms with E-state index in [1.165, 1.54) is 16.8 Å². The molecule has 122 valence electrons. The van der Waals surface area contributed by atoms with Gasteiger partial charge in [0.25, 0.3) is 0 Å². The summed E-state index contributed by atoms with van der Waals surface area (Å²) in [7, 11) is 0. The summed E-state index contributed by atoms with van der Waals surface area (Å²) in [4.78, 5) is 15.6. The van der Waals surface area contributed by atoms with Crippen molar-refractivity contribution in [1.82, 2.24) is 25.1 Å². The highest BCUT2D eigenvalue weighted by molar-refractivity contribution is 5.75. The van der Waals surface area contributed by atoms with Gasteiger partial charge in [-0.15, -0.1) is 10.2 Å². The average Bonchev–Trinajstić information content (AvgIpc) is 3.03. The van der Waals surface area contributed by atoms with Crippen molar-refractivity contribution in [3.8, 4) is 11.4 Å². The number of piperidine rings is 1. The molecule has 0 aliphatic carbocycles. The van der Waals surface area contributed by atoms with E-state index in [2.05, 4.69) is 41.4 Å². The summed E-state index contributed by atoms with van der Waals surface area (Å²) in [5, 5.41) is 12.4. The smallest absolute Gasteiger partial charge is 0.246 e. The van der Waals surface area contributed by atoms with Crippen LogP contribution in [0.3, 0.4) is 0 Å². The molecule has 1 aliphatic heterocycles. The first kappa shape index (κ1) is 15.6. The summed E-state index contributed by atoms with van der Waals surface area (Å²) in [5.41, 5.74) is 2.20. The Kier molecular flexibility index (Phi) is 4.69. The van der Waals surface area contributed by atoms with E-state index >= 15 is 0 Å². The lowest BCUT2D eigenvalue weighted by Crippen LogP contribution is -2.41. The Morgan fingerprint density at radius 2 is 2.09 bits per heavy atom. The molecular formula is C17H23N5O. The fraction of sp³-hybridized carbons (Fsp3) is 0.529. The molecule has 6 heteroatoms. The second-order valence-electron chi connectivity index (χ2n) is 6.28. The van der Waals surface area contributed by atoms with Crippen molar-refractivity contribution in [3.05, 3.63) is 29.8 Å². The zero-order valence-electron chi connectivity index (χ0n) is 13.8. The minimum Gasteiger partial charge on any atom is -0.341 e. The molecule has 2 aromatic rings. The Labute approximate surface area is 136 Å². The number of amides is 1. The number of tetrazole rings is 1. The molecule has 6 nitrogen and oxygen atoms in total. The van der Waals surface area contributed by atoms with Crippen LogP contribution in [-0.4, -0.2) is 44.1 Å². The average molecular weight is 313 g/mol. The molecule has 0 unspecified atom stereocenters. The number of carbonyl (C=O) groups is 1. The molecule has 0 N–H and O–H groups in total. The van der Waals surface area contributed by atoms with Gasteiger partial charge < -0.3 is 4.90 Å².